The Balaban J connectivity index is 2.05. The Hall–Kier alpha value is -0.940. The van der Waals surface area contributed by atoms with Crippen LogP contribution in [0, 0.1) is 0 Å². The summed E-state index contributed by atoms with van der Waals surface area (Å²) in [4.78, 5) is 6.60. The Morgan fingerprint density at radius 3 is 3.06 bits per heavy atom. The van der Waals surface area contributed by atoms with Gasteiger partial charge in [0.1, 0.15) is 0 Å². The van der Waals surface area contributed by atoms with Crippen molar-refractivity contribution in [3.63, 3.8) is 0 Å². The van der Waals surface area contributed by atoms with E-state index in [2.05, 4.69) is 22.1 Å². The average Bonchev–Trinajstić information content (AvgIpc) is 2.66. The number of aliphatic hydroxyl groups is 1. The normalized spacial score (nSPS) is 24.6. The second-order valence-electron chi connectivity index (χ2n) is 4.59. The van der Waals surface area contributed by atoms with Gasteiger partial charge in [-0.2, -0.15) is 4.98 Å². The van der Waals surface area contributed by atoms with Gasteiger partial charge in [0.15, 0.2) is 5.82 Å². The van der Waals surface area contributed by atoms with Gasteiger partial charge < -0.3 is 9.63 Å². The molecule has 2 atom stereocenters. The molecule has 0 aliphatic carbocycles. The summed E-state index contributed by atoms with van der Waals surface area (Å²) in [5.74, 6) is 1.29. The molecule has 2 rings (SSSR count). The third-order valence-corrected chi connectivity index (χ3v) is 3.02. The molecular formula is C11H19N3O2. The van der Waals surface area contributed by atoms with E-state index >= 15 is 0 Å². The second kappa shape index (κ2) is 4.93. The van der Waals surface area contributed by atoms with Crippen molar-refractivity contribution in [3.05, 3.63) is 11.7 Å². The quantitative estimate of drug-likeness (QED) is 0.836. The molecule has 2 unspecified atom stereocenters. The van der Waals surface area contributed by atoms with Gasteiger partial charge in [-0.1, -0.05) is 11.6 Å². The molecule has 16 heavy (non-hydrogen) atoms. The Morgan fingerprint density at radius 2 is 2.38 bits per heavy atom. The predicted molar refractivity (Wildman–Crippen MR) is 58.9 cm³/mol. The highest BCUT2D eigenvalue weighted by Crippen LogP contribution is 2.28. The number of likely N-dealkylation sites (tertiary alicyclic amines) is 1. The number of hydrogen-bond acceptors (Lipinski definition) is 5. The third-order valence-electron chi connectivity index (χ3n) is 3.02. The zero-order chi connectivity index (χ0) is 11.5. The van der Waals surface area contributed by atoms with E-state index in [4.69, 9.17) is 4.52 Å². The van der Waals surface area contributed by atoms with Gasteiger partial charge in [-0.25, -0.2) is 0 Å². The Morgan fingerprint density at radius 1 is 1.56 bits per heavy atom. The van der Waals surface area contributed by atoms with Crippen molar-refractivity contribution in [2.75, 3.05) is 13.6 Å². The van der Waals surface area contributed by atoms with Crippen molar-refractivity contribution in [2.24, 2.45) is 0 Å². The maximum atomic E-state index is 9.25. The first-order valence-electron chi connectivity index (χ1n) is 5.87. The molecule has 90 valence electrons. The summed E-state index contributed by atoms with van der Waals surface area (Å²) in [5.41, 5.74) is 0. The fourth-order valence-corrected chi connectivity index (χ4v) is 2.14. The van der Waals surface area contributed by atoms with Crippen LogP contribution in [0.4, 0.5) is 0 Å². The summed E-state index contributed by atoms with van der Waals surface area (Å²) in [6, 6.07) is 0.254. The van der Waals surface area contributed by atoms with Crippen LogP contribution in [0.25, 0.3) is 0 Å². The Labute approximate surface area is 95.4 Å². The maximum absolute atomic E-state index is 9.25. The molecule has 1 aliphatic heterocycles. The smallest absolute Gasteiger partial charge is 0.243 e. The number of nitrogens with zero attached hydrogens (tertiary/aromatic N) is 3. The van der Waals surface area contributed by atoms with Crippen molar-refractivity contribution < 1.29 is 9.63 Å². The standard InChI is InChI=1S/C11H19N3O2/c1-8(15)7-10-12-11(16-13-10)9-5-3-4-6-14(9)2/h8-9,15H,3-7H2,1-2H3. The highest BCUT2D eigenvalue weighted by atomic mass is 16.5. The summed E-state index contributed by atoms with van der Waals surface area (Å²) in [5, 5.41) is 13.1. The largest absolute Gasteiger partial charge is 0.393 e. The van der Waals surface area contributed by atoms with Crippen molar-refractivity contribution in [2.45, 2.75) is 44.8 Å². The van der Waals surface area contributed by atoms with Gasteiger partial charge in [0.2, 0.25) is 5.89 Å². The van der Waals surface area contributed by atoms with Gasteiger partial charge >= 0.3 is 0 Å². The van der Waals surface area contributed by atoms with E-state index in [0.29, 0.717) is 18.1 Å². The van der Waals surface area contributed by atoms with Gasteiger partial charge in [0.05, 0.1) is 12.1 Å². The van der Waals surface area contributed by atoms with Crippen LogP contribution in [0.2, 0.25) is 0 Å². The van der Waals surface area contributed by atoms with E-state index < -0.39 is 6.10 Å². The molecule has 1 aliphatic rings. The molecule has 5 nitrogen and oxygen atoms in total. The first kappa shape index (κ1) is 11.5. The summed E-state index contributed by atoms with van der Waals surface area (Å²) < 4.78 is 5.26. The van der Waals surface area contributed by atoms with Gasteiger partial charge in [-0.3, -0.25) is 4.90 Å². The number of rotatable bonds is 3. The second-order valence-corrected chi connectivity index (χ2v) is 4.59. The zero-order valence-corrected chi connectivity index (χ0v) is 9.89. The Bertz CT molecular complexity index is 338. The van der Waals surface area contributed by atoms with E-state index in [0.717, 1.165) is 13.0 Å². The van der Waals surface area contributed by atoms with Crippen LogP contribution in [0.15, 0.2) is 4.52 Å². The first-order chi connectivity index (χ1) is 7.66. The van der Waals surface area contributed by atoms with Gasteiger partial charge in [0, 0.05) is 6.42 Å². The minimum absolute atomic E-state index is 0.254. The number of aromatic nitrogens is 2. The van der Waals surface area contributed by atoms with Crippen molar-refractivity contribution in [1.82, 2.24) is 15.0 Å². The highest BCUT2D eigenvalue weighted by Gasteiger charge is 2.25. The average molecular weight is 225 g/mol. The molecule has 0 bridgehead atoms. The Kier molecular flexibility index (Phi) is 3.56. The van der Waals surface area contributed by atoms with E-state index in [1.54, 1.807) is 6.92 Å². The van der Waals surface area contributed by atoms with Crippen LogP contribution < -0.4 is 0 Å². The van der Waals surface area contributed by atoms with E-state index in [1.807, 2.05) is 0 Å². The van der Waals surface area contributed by atoms with Crippen LogP contribution >= 0.6 is 0 Å². The molecule has 1 aromatic heterocycles. The van der Waals surface area contributed by atoms with Crippen LogP contribution in [0.1, 0.15) is 43.9 Å². The summed E-state index contributed by atoms with van der Waals surface area (Å²) >= 11 is 0. The molecule has 0 amide bonds. The fraction of sp³-hybridized carbons (Fsp3) is 0.818. The van der Waals surface area contributed by atoms with E-state index in [9.17, 15) is 5.11 Å². The van der Waals surface area contributed by atoms with E-state index in [1.165, 1.54) is 12.8 Å². The maximum Gasteiger partial charge on any atom is 0.243 e. The highest BCUT2D eigenvalue weighted by molar-refractivity contribution is 4.95. The zero-order valence-electron chi connectivity index (χ0n) is 9.89. The van der Waals surface area contributed by atoms with Gasteiger partial charge in [0.25, 0.3) is 0 Å². The summed E-state index contributed by atoms with van der Waals surface area (Å²) in [7, 11) is 2.09. The minimum atomic E-state index is -0.422. The molecule has 1 saturated heterocycles. The molecule has 2 heterocycles. The van der Waals surface area contributed by atoms with Crippen LogP contribution in [0.3, 0.4) is 0 Å². The molecular weight excluding hydrogens is 206 g/mol. The monoisotopic (exact) mass is 225 g/mol. The molecule has 1 aromatic rings. The fourth-order valence-electron chi connectivity index (χ4n) is 2.14. The molecule has 0 saturated carbocycles. The van der Waals surface area contributed by atoms with Crippen LogP contribution in [0.5, 0.6) is 0 Å². The van der Waals surface area contributed by atoms with Crippen LogP contribution in [-0.4, -0.2) is 39.8 Å². The lowest BCUT2D eigenvalue weighted by Gasteiger charge is -2.29. The summed E-state index contributed by atoms with van der Waals surface area (Å²) in [6.07, 6.45) is 3.56. The lowest BCUT2D eigenvalue weighted by molar-refractivity contribution is 0.150. The van der Waals surface area contributed by atoms with Gasteiger partial charge in [-0.15, -0.1) is 0 Å². The molecule has 0 spiro atoms. The lowest BCUT2D eigenvalue weighted by atomic mass is 10.0. The molecule has 1 fully saturated rings. The molecule has 0 radical (unpaired) electrons. The van der Waals surface area contributed by atoms with Crippen LogP contribution in [-0.2, 0) is 6.42 Å². The van der Waals surface area contributed by atoms with Crippen molar-refractivity contribution in [3.8, 4) is 0 Å². The molecule has 5 heteroatoms. The summed E-state index contributed by atoms with van der Waals surface area (Å²) in [6.45, 7) is 2.81. The molecule has 1 N–H and O–H groups in total. The lowest BCUT2D eigenvalue weighted by Crippen LogP contribution is -2.29. The van der Waals surface area contributed by atoms with Crippen molar-refractivity contribution in [1.29, 1.82) is 0 Å². The SMILES string of the molecule is CC(O)Cc1noc(C2CCCCN2C)n1. The topological polar surface area (TPSA) is 62.4 Å². The predicted octanol–water partition coefficient (Wildman–Crippen LogP) is 1.15. The third kappa shape index (κ3) is 2.59. The number of hydrogen-bond donors (Lipinski definition) is 1. The first-order valence-corrected chi connectivity index (χ1v) is 5.87. The number of aliphatic hydroxyl groups excluding tert-OH is 1. The van der Waals surface area contributed by atoms with Gasteiger partial charge in [-0.05, 0) is 33.4 Å². The molecule has 0 aromatic carbocycles. The van der Waals surface area contributed by atoms with Crippen molar-refractivity contribution >= 4 is 0 Å². The minimum Gasteiger partial charge on any atom is -0.393 e. The number of piperidine rings is 1. The van der Waals surface area contributed by atoms with E-state index in [-0.39, 0.29) is 6.04 Å².